The van der Waals surface area contributed by atoms with Crippen LogP contribution >= 0.6 is 11.6 Å². The zero-order valence-electron chi connectivity index (χ0n) is 10.7. The lowest BCUT2D eigenvalue weighted by Crippen LogP contribution is -2.12. The monoisotopic (exact) mass is 292 g/mol. The van der Waals surface area contributed by atoms with Crippen molar-refractivity contribution in [2.24, 2.45) is 0 Å². The maximum atomic E-state index is 12.0. The normalized spacial score (nSPS) is 10.1. The van der Waals surface area contributed by atoms with Gasteiger partial charge in [0.1, 0.15) is 11.5 Å². The Morgan fingerprint density at radius 2 is 2.05 bits per heavy atom. The lowest BCUT2D eigenvalue weighted by Gasteiger charge is -2.09. The van der Waals surface area contributed by atoms with Gasteiger partial charge >= 0.3 is 0 Å². The Morgan fingerprint density at radius 3 is 2.70 bits per heavy atom. The molecule has 2 rings (SSSR count). The number of benzene rings is 2. The predicted molar refractivity (Wildman–Crippen MR) is 78.5 cm³/mol. The second kappa shape index (κ2) is 5.71. The van der Waals surface area contributed by atoms with Crippen LogP contribution in [0.3, 0.4) is 0 Å². The molecule has 20 heavy (non-hydrogen) atoms. The molecule has 0 spiro atoms. The van der Waals surface area contributed by atoms with Crippen molar-refractivity contribution in [1.29, 1.82) is 0 Å². The van der Waals surface area contributed by atoms with Gasteiger partial charge in [-0.25, -0.2) is 0 Å². The van der Waals surface area contributed by atoms with Crippen molar-refractivity contribution in [2.45, 2.75) is 0 Å². The number of aromatic hydroxyl groups is 1. The fourth-order valence-corrected chi connectivity index (χ4v) is 1.82. The SMILES string of the molecule is COc1cc(NC(=O)c2ccc(O)c(Cl)c2)ccc1N. The number of nitrogens with one attached hydrogen (secondary N) is 1. The first-order valence-electron chi connectivity index (χ1n) is 5.74. The van der Waals surface area contributed by atoms with E-state index in [2.05, 4.69) is 5.32 Å². The fraction of sp³-hybridized carbons (Fsp3) is 0.0714. The van der Waals surface area contributed by atoms with E-state index in [9.17, 15) is 9.90 Å². The summed E-state index contributed by atoms with van der Waals surface area (Å²) >= 11 is 5.76. The molecular formula is C14H13ClN2O3. The van der Waals surface area contributed by atoms with E-state index in [0.717, 1.165) is 0 Å². The number of carbonyl (C=O) groups is 1. The van der Waals surface area contributed by atoms with Crippen molar-refractivity contribution < 1.29 is 14.6 Å². The lowest BCUT2D eigenvalue weighted by atomic mass is 10.2. The van der Waals surface area contributed by atoms with Gasteiger partial charge < -0.3 is 20.9 Å². The number of amides is 1. The van der Waals surface area contributed by atoms with Gasteiger partial charge in [-0.15, -0.1) is 0 Å². The van der Waals surface area contributed by atoms with Crippen molar-refractivity contribution in [3.05, 3.63) is 47.0 Å². The summed E-state index contributed by atoms with van der Waals surface area (Å²) in [6.45, 7) is 0. The van der Waals surface area contributed by atoms with Gasteiger partial charge in [0.2, 0.25) is 0 Å². The number of phenolic OH excluding ortho intramolecular Hbond substituents is 1. The van der Waals surface area contributed by atoms with E-state index in [4.69, 9.17) is 22.1 Å². The molecule has 4 N–H and O–H groups in total. The molecule has 0 heterocycles. The van der Waals surface area contributed by atoms with Crippen LogP contribution in [0, 0.1) is 0 Å². The molecule has 2 aromatic rings. The first-order chi connectivity index (χ1) is 9.51. The zero-order valence-corrected chi connectivity index (χ0v) is 11.4. The van der Waals surface area contributed by atoms with E-state index in [-0.39, 0.29) is 16.7 Å². The summed E-state index contributed by atoms with van der Waals surface area (Å²) in [6, 6.07) is 9.15. The minimum absolute atomic E-state index is 0.0719. The molecule has 0 saturated carbocycles. The van der Waals surface area contributed by atoms with Gasteiger partial charge in [0.15, 0.2) is 0 Å². The molecule has 0 aliphatic heterocycles. The molecule has 0 aliphatic rings. The smallest absolute Gasteiger partial charge is 0.255 e. The van der Waals surface area contributed by atoms with Gasteiger partial charge in [0.05, 0.1) is 17.8 Å². The molecule has 1 amide bonds. The third-order valence-electron chi connectivity index (χ3n) is 2.70. The molecule has 104 valence electrons. The van der Waals surface area contributed by atoms with Crippen LogP contribution < -0.4 is 15.8 Å². The third-order valence-corrected chi connectivity index (χ3v) is 3.00. The van der Waals surface area contributed by atoms with Gasteiger partial charge in [-0.05, 0) is 30.3 Å². The number of hydrogen-bond acceptors (Lipinski definition) is 4. The molecule has 0 saturated heterocycles. The van der Waals surface area contributed by atoms with Crippen molar-refractivity contribution >= 4 is 28.9 Å². The molecule has 0 aromatic heterocycles. The number of ether oxygens (including phenoxy) is 1. The first-order valence-corrected chi connectivity index (χ1v) is 6.12. The molecule has 0 fully saturated rings. The highest BCUT2D eigenvalue weighted by Gasteiger charge is 2.10. The summed E-state index contributed by atoms with van der Waals surface area (Å²) in [6.07, 6.45) is 0. The molecule has 6 heteroatoms. The number of hydrogen-bond donors (Lipinski definition) is 3. The molecule has 0 radical (unpaired) electrons. The lowest BCUT2D eigenvalue weighted by molar-refractivity contribution is 0.102. The van der Waals surface area contributed by atoms with Crippen LogP contribution in [-0.2, 0) is 0 Å². The van der Waals surface area contributed by atoms with E-state index < -0.39 is 0 Å². The molecule has 0 aliphatic carbocycles. The summed E-state index contributed by atoms with van der Waals surface area (Å²) < 4.78 is 5.08. The molecule has 0 bridgehead atoms. The van der Waals surface area contributed by atoms with Crippen molar-refractivity contribution in [3.63, 3.8) is 0 Å². The Labute approximate surface area is 120 Å². The summed E-state index contributed by atoms with van der Waals surface area (Å²) in [7, 11) is 1.50. The minimum atomic E-state index is -0.348. The minimum Gasteiger partial charge on any atom is -0.506 e. The van der Waals surface area contributed by atoms with Gasteiger partial charge in [0.25, 0.3) is 5.91 Å². The van der Waals surface area contributed by atoms with E-state index in [1.54, 1.807) is 18.2 Å². The third kappa shape index (κ3) is 2.95. The topological polar surface area (TPSA) is 84.6 Å². The highest BCUT2D eigenvalue weighted by molar-refractivity contribution is 6.32. The van der Waals surface area contributed by atoms with Crippen LogP contribution in [0.25, 0.3) is 0 Å². The Balaban J connectivity index is 2.21. The Morgan fingerprint density at radius 1 is 1.30 bits per heavy atom. The number of rotatable bonds is 3. The Hall–Kier alpha value is -2.40. The first kappa shape index (κ1) is 14.0. The number of phenols is 1. The molecular weight excluding hydrogens is 280 g/mol. The second-order valence-corrected chi connectivity index (χ2v) is 4.48. The average Bonchev–Trinajstić information content (AvgIpc) is 2.43. The van der Waals surface area contributed by atoms with Gasteiger partial charge in [-0.3, -0.25) is 4.79 Å². The standard InChI is InChI=1S/C14H13ClN2O3/c1-20-13-7-9(3-4-11(13)16)17-14(19)8-2-5-12(18)10(15)6-8/h2-7,18H,16H2,1H3,(H,17,19). The van der Waals surface area contributed by atoms with Gasteiger partial charge in [0, 0.05) is 17.3 Å². The quantitative estimate of drug-likeness (QED) is 0.759. The van der Waals surface area contributed by atoms with Gasteiger partial charge in [-0.1, -0.05) is 11.6 Å². The van der Waals surface area contributed by atoms with Crippen LogP contribution in [0.4, 0.5) is 11.4 Å². The second-order valence-electron chi connectivity index (χ2n) is 4.08. The Bertz CT molecular complexity index is 659. The molecule has 5 nitrogen and oxygen atoms in total. The highest BCUT2D eigenvalue weighted by atomic mass is 35.5. The van der Waals surface area contributed by atoms with E-state index in [1.807, 2.05) is 0 Å². The van der Waals surface area contributed by atoms with Crippen LogP contribution in [0.15, 0.2) is 36.4 Å². The zero-order chi connectivity index (χ0) is 14.7. The number of methoxy groups -OCH3 is 1. The van der Waals surface area contributed by atoms with E-state index in [1.165, 1.54) is 25.3 Å². The largest absolute Gasteiger partial charge is 0.506 e. The molecule has 0 unspecified atom stereocenters. The Kier molecular flexibility index (Phi) is 4.00. The van der Waals surface area contributed by atoms with Crippen molar-refractivity contribution in [1.82, 2.24) is 0 Å². The van der Waals surface area contributed by atoms with Crippen LogP contribution in [0.1, 0.15) is 10.4 Å². The maximum absolute atomic E-state index is 12.0. The highest BCUT2D eigenvalue weighted by Crippen LogP contribution is 2.26. The maximum Gasteiger partial charge on any atom is 0.255 e. The number of nitrogen functional groups attached to an aromatic ring is 1. The van der Waals surface area contributed by atoms with Gasteiger partial charge in [-0.2, -0.15) is 0 Å². The number of anilines is 2. The van der Waals surface area contributed by atoms with Crippen LogP contribution in [0.2, 0.25) is 5.02 Å². The van der Waals surface area contributed by atoms with Crippen LogP contribution in [0.5, 0.6) is 11.5 Å². The summed E-state index contributed by atoms with van der Waals surface area (Å²) in [5.41, 5.74) is 7.06. The van der Waals surface area contributed by atoms with Crippen molar-refractivity contribution in [3.8, 4) is 11.5 Å². The summed E-state index contributed by atoms with van der Waals surface area (Å²) in [4.78, 5) is 12.0. The number of halogens is 1. The molecule has 2 aromatic carbocycles. The van der Waals surface area contributed by atoms with E-state index >= 15 is 0 Å². The van der Waals surface area contributed by atoms with Crippen molar-refractivity contribution in [2.75, 3.05) is 18.2 Å². The van der Waals surface area contributed by atoms with E-state index in [0.29, 0.717) is 22.7 Å². The average molecular weight is 293 g/mol. The number of carbonyl (C=O) groups excluding carboxylic acids is 1. The predicted octanol–water partition coefficient (Wildman–Crippen LogP) is 2.89. The molecule has 0 atom stereocenters. The summed E-state index contributed by atoms with van der Waals surface area (Å²) in [5.74, 6) is 0.0580. The fourth-order valence-electron chi connectivity index (χ4n) is 1.64. The number of nitrogens with two attached hydrogens (primary N) is 1. The van der Waals surface area contributed by atoms with Crippen LogP contribution in [-0.4, -0.2) is 18.1 Å². The summed E-state index contributed by atoms with van der Waals surface area (Å²) in [5, 5.41) is 12.1.